The molecular weight excluding hydrogens is 426 g/mol. The average molecular weight is 448 g/mol. The van der Waals surface area contributed by atoms with Gasteiger partial charge in [-0.25, -0.2) is 22.4 Å². The van der Waals surface area contributed by atoms with Crippen molar-refractivity contribution in [3.8, 4) is 5.82 Å². The molecule has 158 valence electrons. The van der Waals surface area contributed by atoms with Crippen LogP contribution in [0.5, 0.6) is 0 Å². The smallest absolute Gasteiger partial charge is 0.271 e. The number of benzene rings is 1. The number of nitrogens with one attached hydrogen (secondary N) is 1. The molecule has 0 aliphatic carbocycles. The molecule has 3 rings (SSSR count). The molecule has 0 fully saturated rings. The lowest BCUT2D eigenvalue weighted by Crippen LogP contribution is -2.28. The summed E-state index contributed by atoms with van der Waals surface area (Å²) in [4.78, 5) is 17.2. The number of amides is 1. The fourth-order valence-corrected chi connectivity index (χ4v) is 4.23. The van der Waals surface area contributed by atoms with Crippen LogP contribution in [-0.2, 0) is 16.6 Å². The lowest BCUT2D eigenvalue weighted by Gasteiger charge is -2.15. The van der Waals surface area contributed by atoms with E-state index < -0.39 is 15.9 Å². The number of halogens is 1. The Morgan fingerprint density at radius 2 is 1.87 bits per heavy atom. The van der Waals surface area contributed by atoms with Crippen molar-refractivity contribution >= 4 is 27.5 Å². The van der Waals surface area contributed by atoms with E-state index in [2.05, 4.69) is 15.4 Å². The summed E-state index contributed by atoms with van der Waals surface area (Å²) in [5.41, 5.74) is 2.20. The van der Waals surface area contributed by atoms with Crippen LogP contribution in [0, 0.1) is 13.8 Å². The highest BCUT2D eigenvalue weighted by atomic mass is 35.5. The molecule has 2 aromatic heterocycles. The first-order chi connectivity index (χ1) is 14.1. The van der Waals surface area contributed by atoms with Gasteiger partial charge in [0, 0.05) is 26.3 Å². The molecule has 0 bridgehead atoms. The maximum atomic E-state index is 12.8. The van der Waals surface area contributed by atoms with Gasteiger partial charge in [0.05, 0.1) is 15.6 Å². The Morgan fingerprint density at radius 3 is 2.50 bits per heavy atom. The van der Waals surface area contributed by atoms with Gasteiger partial charge in [0.25, 0.3) is 5.91 Å². The summed E-state index contributed by atoms with van der Waals surface area (Å²) in [7, 11) is -0.730. The van der Waals surface area contributed by atoms with E-state index in [1.165, 1.54) is 20.2 Å². The van der Waals surface area contributed by atoms with E-state index in [1.54, 1.807) is 35.0 Å². The topological polar surface area (TPSA) is 97.2 Å². The van der Waals surface area contributed by atoms with E-state index in [0.717, 1.165) is 15.7 Å². The lowest BCUT2D eigenvalue weighted by atomic mass is 10.2. The Labute approximate surface area is 180 Å². The highest BCUT2D eigenvalue weighted by molar-refractivity contribution is 7.89. The van der Waals surface area contributed by atoms with Gasteiger partial charge in [0.2, 0.25) is 10.0 Å². The molecule has 8 nitrogen and oxygen atoms in total. The zero-order chi connectivity index (χ0) is 22.1. The minimum absolute atomic E-state index is 0.00419. The van der Waals surface area contributed by atoms with Crippen LogP contribution in [0.1, 0.15) is 27.4 Å². The Balaban J connectivity index is 1.86. The van der Waals surface area contributed by atoms with Gasteiger partial charge in [-0.15, -0.1) is 0 Å². The van der Waals surface area contributed by atoms with Crippen LogP contribution in [0.25, 0.3) is 5.82 Å². The zero-order valence-corrected chi connectivity index (χ0v) is 18.6. The van der Waals surface area contributed by atoms with Crippen molar-refractivity contribution in [1.82, 2.24) is 24.4 Å². The highest BCUT2D eigenvalue weighted by Gasteiger charge is 2.22. The SMILES string of the molecule is Cc1cc(C)n(-c2ccc(Cl)c(C(=O)NCc3ccccc3S(=O)(=O)N(C)C)n2)n1. The van der Waals surface area contributed by atoms with Crippen LogP contribution in [0.15, 0.2) is 47.4 Å². The summed E-state index contributed by atoms with van der Waals surface area (Å²) in [6.07, 6.45) is 0. The Kier molecular flexibility index (Phi) is 6.25. The van der Waals surface area contributed by atoms with Gasteiger partial charge in [-0.2, -0.15) is 5.10 Å². The number of hydrogen-bond donors (Lipinski definition) is 1. The van der Waals surface area contributed by atoms with E-state index in [9.17, 15) is 13.2 Å². The lowest BCUT2D eigenvalue weighted by molar-refractivity contribution is 0.0945. The van der Waals surface area contributed by atoms with Gasteiger partial charge in [-0.1, -0.05) is 29.8 Å². The van der Waals surface area contributed by atoms with Crippen molar-refractivity contribution in [2.75, 3.05) is 14.1 Å². The number of nitrogens with zero attached hydrogens (tertiary/aromatic N) is 4. The second-order valence-electron chi connectivity index (χ2n) is 6.92. The first-order valence-corrected chi connectivity index (χ1v) is 10.9. The molecule has 0 atom stereocenters. The molecule has 0 saturated heterocycles. The predicted molar refractivity (Wildman–Crippen MR) is 114 cm³/mol. The number of carbonyl (C=O) groups is 1. The molecule has 0 unspecified atom stereocenters. The van der Waals surface area contributed by atoms with Crippen molar-refractivity contribution < 1.29 is 13.2 Å². The fourth-order valence-electron chi connectivity index (χ4n) is 2.93. The molecule has 10 heteroatoms. The van der Waals surface area contributed by atoms with Crippen molar-refractivity contribution in [3.05, 3.63) is 70.1 Å². The van der Waals surface area contributed by atoms with Crippen LogP contribution in [0.3, 0.4) is 0 Å². The van der Waals surface area contributed by atoms with Gasteiger partial charge in [0.1, 0.15) is 5.69 Å². The number of rotatable bonds is 6. The quantitative estimate of drug-likeness (QED) is 0.626. The molecule has 0 aliphatic rings. The van der Waals surface area contributed by atoms with E-state index in [1.807, 2.05) is 19.9 Å². The molecule has 0 radical (unpaired) electrons. The number of aryl methyl sites for hydroxylation is 2. The van der Waals surface area contributed by atoms with Crippen LogP contribution < -0.4 is 5.32 Å². The molecule has 1 amide bonds. The first-order valence-electron chi connectivity index (χ1n) is 9.10. The number of pyridine rings is 1. The summed E-state index contributed by atoms with van der Waals surface area (Å²) in [5.74, 6) is -0.0498. The third-order valence-electron chi connectivity index (χ3n) is 4.44. The summed E-state index contributed by atoms with van der Waals surface area (Å²) in [5, 5.41) is 7.26. The van der Waals surface area contributed by atoms with Gasteiger partial charge in [-0.05, 0) is 43.7 Å². The summed E-state index contributed by atoms with van der Waals surface area (Å²) >= 11 is 6.20. The molecule has 0 spiro atoms. The van der Waals surface area contributed by atoms with Crippen molar-refractivity contribution in [2.45, 2.75) is 25.3 Å². The third kappa shape index (κ3) is 4.38. The molecular formula is C20H22ClN5O3S. The Hall–Kier alpha value is -2.75. The molecule has 0 aliphatic heterocycles. The van der Waals surface area contributed by atoms with Crippen molar-refractivity contribution in [3.63, 3.8) is 0 Å². The van der Waals surface area contributed by atoms with Crippen LogP contribution >= 0.6 is 11.6 Å². The van der Waals surface area contributed by atoms with Gasteiger partial charge < -0.3 is 5.32 Å². The van der Waals surface area contributed by atoms with E-state index in [4.69, 9.17) is 11.6 Å². The number of hydrogen-bond acceptors (Lipinski definition) is 5. The normalized spacial score (nSPS) is 11.7. The standard InChI is InChI=1S/C20H22ClN5O3S/c1-13-11-14(2)26(24-13)18-10-9-16(21)19(23-18)20(27)22-12-15-7-5-6-8-17(15)30(28,29)25(3)4/h5-11H,12H2,1-4H3,(H,22,27). The Morgan fingerprint density at radius 1 is 1.17 bits per heavy atom. The van der Waals surface area contributed by atoms with Gasteiger partial charge in [-0.3, -0.25) is 4.79 Å². The molecule has 2 heterocycles. The highest BCUT2D eigenvalue weighted by Crippen LogP contribution is 2.20. The first kappa shape index (κ1) is 21.9. The van der Waals surface area contributed by atoms with Crippen molar-refractivity contribution in [1.29, 1.82) is 0 Å². The summed E-state index contributed by atoms with van der Waals surface area (Å²) in [6, 6.07) is 11.7. The minimum Gasteiger partial charge on any atom is -0.347 e. The second kappa shape index (κ2) is 8.55. The average Bonchev–Trinajstić information content (AvgIpc) is 3.04. The number of aromatic nitrogens is 3. The fraction of sp³-hybridized carbons (Fsp3) is 0.250. The third-order valence-corrected chi connectivity index (χ3v) is 6.66. The predicted octanol–water partition coefficient (Wildman–Crippen LogP) is 2.72. The maximum Gasteiger partial charge on any atom is 0.271 e. The summed E-state index contributed by atoms with van der Waals surface area (Å²) in [6.45, 7) is 3.76. The van der Waals surface area contributed by atoms with Gasteiger partial charge in [0.15, 0.2) is 5.82 Å². The summed E-state index contributed by atoms with van der Waals surface area (Å²) < 4.78 is 27.8. The monoisotopic (exact) mass is 447 g/mol. The zero-order valence-electron chi connectivity index (χ0n) is 17.0. The van der Waals surface area contributed by atoms with Crippen LogP contribution in [0.4, 0.5) is 0 Å². The molecule has 3 aromatic rings. The second-order valence-corrected chi connectivity index (χ2v) is 9.44. The molecule has 1 N–H and O–H groups in total. The largest absolute Gasteiger partial charge is 0.347 e. The van der Waals surface area contributed by atoms with Crippen molar-refractivity contribution in [2.24, 2.45) is 0 Å². The molecule has 1 aromatic carbocycles. The number of sulfonamides is 1. The molecule has 30 heavy (non-hydrogen) atoms. The minimum atomic E-state index is -3.64. The van der Waals surface area contributed by atoms with Crippen LogP contribution in [0.2, 0.25) is 5.02 Å². The Bertz CT molecular complexity index is 1200. The van der Waals surface area contributed by atoms with Crippen LogP contribution in [-0.4, -0.2) is 47.5 Å². The maximum absolute atomic E-state index is 12.8. The van der Waals surface area contributed by atoms with Gasteiger partial charge >= 0.3 is 0 Å². The van der Waals surface area contributed by atoms with E-state index in [-0.39, 0.29) is 22.2 Å². The molecule has 0 saturated carbocycles. The van der Waals surface area contributed by atoms with E-state index >= 15 is 0 Å². The van der Waals surface area contributed by atoms with E-state index in [0.29, 0.717) is 11.4 Å². The number of carbonyl (C=O) groups excluding carboxylic acids is 1.